The van der Waals surface area contributed by atoms with Crippen molar-refractivity contribution in [1.29, 1.82) is 0 Å². The van der Waals surface area contributed by atoms with Crippen molar-refractivity contribution in [3.8, 4) is 0 Å². The molecule has 0 unspecified atom stereocenters. The quantitative estimate of drug-likeness (QED) is 0.509. The summed E-state index contributed by atoms with van der Waals surface area (Å²) in [6.07, 6.45) is 1.14. The van der Waals surface area contributed by atoms with E-state index in [0.29, 0.717) is 0 Å². The van der Waals surface area contributed by atoms with Gasteiger partial charge in [0.05, 0.1) is 19.8 Å². The van der Waals surface area contributed by atoms with Crippen LogP contribution in [0.3, 0.4) is 0 Å². The van der Waals surface area contributed by atoms with Crippen molar-refractivity contribution in [2.24, 2.45) is 0 Å². The van der Waals surface area contributed by atoms with Crippen LogP contribution in [0, 0.1) is 0 Å². The minimum absolute atomic E-state index is 0.744. The lowest BCUT2D eigenvalue weighted by molar-refractivity contribution is 0.0264. The van der Waals surface area contributed by atoms with Crippen LogP contribution < -0.4 is 0 Å². The Hall–Kier alpha value is -0.120. The molecule has 0 aromatic heterocycles. The highest BCUT2D eigenvalue weighted by atomic mass is 16.5. The van der Waals surface area contributed by atoms with Gasteiger partial charge in [-0.1, -0.05) is 0 Å². The molecule has 0 aromatic rings. The molecule has 1 aliphatic rings. The Labute approximate surface area is 68.3 Å². The van der Waals surface area contributed by atoms with Crippen LogP contribution in [0.25, 0.3) is 0 Å². The minimum atomic E-state index is 0.744. The molecular weight excluding hydrogens is 142 g/mol. The van der Waals surface area contributed by atoms with Gasteiger partial charge in [0.2, 0.25) is 0 Å². The van der Waals surface area contributed by atoms with E-state index in [1.807, 2.05) is 0 Å². The molecule has 0 spiro atoms. The molecule has 1 saturated heterocycles. The van der Waals surface area contributed by atoms with E-state index in [9.17, 15) is 0 Å². The third-order valence-corrected chi connectivity index (χ3v) is 1.82. The maximum absolute atomic E-state index is 5.31. The lowest BCUT2D eigenvalue weighted by Gasteiger charge is -2.18. The molecule has 1 aliphatic heterocycles. The van der Waals surface area contributed by atoms with Crippen LogP contribution in [-0.4, -0.2) is 51.5 Å². The Morgan fingerprint density at radius 2 is 1.64 bits per heavy atom. The number of hydrogen-bond acceptors (Lipinski definition) is 3. The average molecular weight is 159 g/mol. The number of nitrogens with zero attached hydrogens (tertiary/aromatic N) is 1. The third kappa shape index (κ3) is 4.35. The van der Waals surface area contributed by atoms with E-state index < -0.39 is 0 Å². The van der Waals surface area contributed by atoms with Gasteiger partial charge in [-0.05, 0) is 13.5 Å². The molecule has 0 aliphatic carbocycles. The number of likely N-dealkylation sites (N-methyl/N-ethyl adjacent to an activating group) is 1. The lowest BCUT2D eigenvalue weighted by Crippen LogP contribution is -2.27. The average Bonchev–Trinajstić information content (AvgIpc) is 2.03. The van der Waals surface area contributed by atoms with Crippen LogP contribution >= 0.6 is 0 Å². The Morgan fingerprint density at radius 3 is 2.45 bits per heavy atom. The second-order valence-electron chi connectivity index (χ2n) is 2.88. The lowest BCUT2D eigenvalue weighted by atomic mass is 10.4. The van der Waals surface area contributed by atoms with Crippen molar-refractivity contribution in [2.45, 2.75) is 6.42 Å². The van der Waals surface area contributed by atoms with Crippen molar-refractivity contribution >= 4 is 0 Å². The van der Waals surface area contributed by atoms with Gasteiger partial charge in [0, 0.05) is 19.7 Å². The highest BCUT2D eigenvalue weighted by Gasteiger charge is 2.00. The molecule has 0 bridgehead atoms. The van der Waals surface area contributed by atoms with Gasteiger partial charge >= 0.3 is 0 Å². The zero-order valence-corrected chi connectivity index (χ0v) is 7.21. The van der Waals surface area contributed by atoms with Crippen molar-refractivity contribution in [1.82, 2.24) is 4.90 Å². The molecule has 66 valence electrons. The van der Waals surface area contributed by atoms with Crippen LogP contribution in [0.4, 0.5) is 0 Å². The molecule has 1 rings (SSSR count). The molecule has 0 radical (unpaired) electrons. The fourth-order valence-corrected chi connectivity index (χ4v) is 1.09. The summed E-state index contributed by atoms with van der Waals surface area (Å²) < 4.78 is 10.6. The van der Waals surface area contributed by atoms with E-state index >= 15 is 0 Å². The second-order valence-corrected chi connectivity index (χ2v) is 2.88. The molecule has 0 saturated carbocycles. The van der Waals surface area contributed by atoms with Gasteiger partial charge in [0.1, 0.15) is 0 Å². The van der Waals surface area contributed by atoms with E-state index in [-0.39, 0.29) is 0 Å². The standard InChI is InChI=1S/C8H17NO2/c1-9-3-2-5-10-7-8-11-6-4-9/h2-8H2,1H3. The Morgan fingerprint density at radius 1 is 0.909 bits per heavy atom. The number of hydrogen-bond donors (Lipinski definition) is 0. The predicted octanol–water partition coefficient (Wildman–Crippen LogP) is 0.355. The first-order valence-electron chi connectivity index (χ1n) is 4.23. The van der Waals surface area contributed by atoms with E-state index in [1.165, 1.54) is 0 Å². The summed E-state index contributed by atoms with van der Waals surface area (Å²) >= 11 is 0. The third-order valence-electron chi connectivity index (χ3n) is 1.82. The van der Waals surface area contributed by atoms with Gasteiger partial charge in [-0.15, -0.1) is 0 Å². The van der Waals surface area contributed by atoms with Crippen LogP contribution in [-0.2, 0) is 9.47 Å². The van der Waals surface area contributed by atoms with Gasteiger partial charge < -0.3 is 14.4 Å². The molecule has 1 heterocycles. The monoisotopic (exact) mass is 159 g/mol. The van der Waals surface area contributed by atoms with E-state index in [0.717, 1.165) is 45.9 Å². The summed E-state index contributed by atoms with van der Waals surface area (Å²) in [6, 6.07) is 0. The molecule has 0 atom stereocenters. The van der Waals surface area contributed by atoms with Gasteiger partial charge in [-0.25, -0.2) is 0 Å². The van der Waals surface area contributed by atoms with Gasteiger partial charge in [-0.3, -0.25) is 0 Å². The maximum atomic E-state index is 5.31. The molecule has 0 amide bonds. The van der Waals surface area contributed by atoms with Crippen molar-refractivity contribution in [2.75, 3.05) is 46.6 Å². The molecule has 3 nitrogen and oxygen atoms in total. The topological polar surface area (TPSA) is 21.7 Å². The predicted molar refractivity (Wildman–Crippen MR) is 43.8 cm³/mol. The summed E-state index contributed by atoms with van der Waals surface area (Å²) in [5.41, 5.74) is 0. The van der Waals surface area contributed by atoms with E-state index in [2.05, 4.69) is 11.9 Å². The van der Waals surface area contributed by atoms with E-state index in [4.69, 9.17) is 9.47 Å². The fraction of sp³-hybridized carbons (Fsp3) is 1.00. The summed E-state index contributed by atoms with van der Waals surface area (Å²) in [6.45, 7) is 5.36. The molecule has 3 heteroatoms. The molecule has 1 fully saturated rings. The molecular formula is C8H17NO2. The normalized spacial score (nSPS) is 24.8. The van der Waals surface area contributed by atoms with Gasteiger partial charge in [0.15, 0.2) is 0 Å². The van der Waals surface area contributed by atoms with Crippen molar-refractivity contribution in [3.63, 3.8) is 0 Å². The van der Waals surface area contributed by atoms with E-state index in [1.54, 1.807) is 0 Å². The van der Waals surface area contributed by atoms with Gasteiger partial charge in [-0.2, -0.15) is 0 Å². The molecule has 0 N–H and O–H groups in total. The maximum Gasteiger partial charge on any atom is 0.0701 e. The SMILES string of the molecule is CN1CCCOCCOCC1. The number of ether oxygens (including phenoxy) is 2. The Kier molecular flexibility index (Phi) is 4.50. The molecule has 0 aromatic carbocycles. The first kappa shape index (κ1) is 8.97. The van der Waals surface area contributed by atoms with Crippen molar-refractivity contribution in [3.05, 3.63) is 0 Å². The zero-order chi connectivity index (χ0) is 7.94. The van der Waals surface area contributed by atoms with Gasteiger partial charge in [0.25, 0.3) is 0 Å². The first-order valence-corrected chi connectivity index (χ1v) is 4.23. The highest BCUT2D eigenvalue weighted by molar-refractivity contribution is 4.51. The van der Waals surface area contributed by atoms with Crippen LogP contribution in [0.5, 0.6) is 0 Å². The van der Waals surface area contributed by atoms with Crippen LogP contribution in [0.15, 0.2) is 0 Å². The van der Waals surface area contributed by atoms with Crippen LogP contribution in [0.1, 0.15) is 6.42 Å². The highest BCUT2D eigenvalue weighted by Crippen LogP contribution is 1.92. The second kappa shape index (κ2) is 5.52. The van der Waals surface area contributed by atoms with Crippen molar-refractivity contribution < 1.29 is 9.47 Å². The smallest absolute Gasteiger partial charge is 0.0701 e. The van der Waals surface area contributed by atoms with Crippen LogP contribution in [0.2, 0.25) is 0 Å². The fourth-order valence-electron chi connectivity index (χ4n) is 1.09. The summed E-state index contributed by atoms with van der Waals surface area (Å²) in [5.74, 6) is 0. The Balaban J connectivity index is 2.12. The Bertz CT molecular complexity index is 88.1. The molecule has 11 heavy (non-hydrogen) atoms. The largest absolute Gasteiger partial charge is 0.379 e. The minimum Gasteiger partial charge on any atom is -0.379 e. The number of rotatable bonds is 0. The summed E-state index contributed by atoms with van der Waals surface area (Å²) in [5, 5.41) is 0. The summed E-state index contributed by atoms with van der Waals surface area (Å²) in [7, 11) is 2.12. The zero-order valence-electron chi connectivity index (χ0n) is 7.21. The summed E-state index contributed by atoms with van der Waals surface area (Å²) in [4.78, 5) is 2.27. The first-order chi connectivity index (χ1) is 5.39.